The molecular formula is C13H16BrN3. The van der Waals surface area contributed by atoms with Gasteiger partial charge in [-0.1, -0.05) is 34.1 Å². The van der Waals surface area contributed by atoms with Crippen LogP contribution in [0, 0.1) is 6.92 Å². The summed E-state index contributed by atoms with van der Waals surface area (Å²) >= 11 is 3.56. The molecule has 4 heteroatoms. The fourth-order valence-corrected chi connectivity index (χ4v) is 2.13. The largest absolute Gasteiger partial charge is 0.330 e. The van der Waals surface area contributed by atoms with Gasteiger partial charge in [0, 0.05) is 23.3 Å². The van der Waals surface area contributed by atoms with Gasteiger partial charge in [0.2, 0.25) is 0 Å². The first-order valence-corrected chi connectivity index (χ1v) is 6.40. The van der Waals surface area contributed by atoms with E-state index in [2.05, 4.69) is 31.5 Å². The van der Waals surface area contributed by atoms with E-state index in [9.17, 15) is 0 Å². The van der Waals surface area contributed by atoms with Crippen LogP contribution in [-0.4, -0.2) is 9.55 Å². The maximum absolute atomic E-state index is 5.83. The minimum absolute atomic E-state index is 0.0193. The first kappa shape index (κ1) is 12.3. The highest BCUT2D eigenvalue weighted by Gasteiger charge is 2.08. The predicted molar refractivity (Wildman–Crippen MR) is 72.8 cm³/mol. The van der Waals surface area contributed by atoms with Gasteiger partial charge in [-0.05, 0) is 25.5 Å². The number of rotatable bonds is 3. The summed E-state index contributed by atoms with van der Waals surface area (Å²) in [6.07, 6.45) is 2.03. The van der Waals surface area contributed by atoms with Gasteiger partial charge in [0.05, 0.1) is 5.69 Å². The van der Waals surface area contributed by atoms with Gasteiger partial charge in [-0.3, -0.25) is 0 Å². The van der Waals surface area contributed by atoms with Crippen molar-refractivity contribution >= 4 is 15.9 Å². The van der Waals surface area contributed by atoms with Crippen LogP contribution in [0.15, 0.2) is 34.9 Å². The Labute approximate surface area is 110 Å². The fourth-order valence-electron chi connectivity index (χ4n) is 1.72. The molecule has 1 atom stereocenters. The van der Waals surface area contributed by atoms with Crippen molar-refractivity contribution in [2.75, 3.05) is 0 Å². The molecule has 1 aromatic carbocycles. The molecule has 0 aliphatic carbocycles. The average Bonchev–Trinajstić information content (AvgIpc) is 2.64. The molecule has 0 spiro atoms. The lowest BCUT2D eigenvalue weighted by atomic mass is 10.2. The van der Waals surface area contributed by atoms with E-state index in [1.54, 1.807) is 0 Å². The second-order valence-corrected chi connectivity index (χ2v) is 5.08. The van der Waals surface area contributed by atoms with Crippen LogP contribution in [0.25, 0.3) is 0 Å². The number of hydrogen-bond donors (Lipinski definition) is 1. The van der Waals surface area contributed by atoms with Crippen LogP contribution in [0.2, 0.25) is 0 Å². The Bertz CT molecular complexity index is 517. The lowest BCUT2D eigenvalue weighted by molar-refractivity contribution is 0.757. The van der Waals surface area contributed by atoms with Crippen molar-refractivity contribution in [3.8, 4) is 0 Å². The van der Waals surface area contributed by atoms with Crippen LogP contribution in [0.1, 0.15) is 30.0 Å². The van der Waals surface area contributed by atoms with E-state index in [1.165, 1.54) is 5.56 Å². The number of imidazole rings is 1. The van der Waals surface area contributed by atoms with Crippen LogP contribution in [0.5, 0.6) is 0 Å². The summed E-state index contributed by atoms with van der Waals surface area (Å²) in [5, 5.41) is 0. The zero-order valence-electron chi connectivity index (χ0n) is 10.0. The summed E-state index contributed by atoms with van der Waals surface area (Å²) in [5.74, 6) is 0.994. The van der Waals surface area contributed by atoms with Crippen LogP contribution < -0.4 is 5.73 Å². The zero-order chi connectivity index (χ0) is 12.4. The van der Waals surface area contributed by atoms with Gasteiger partial charge < -0.3 is 10.3 Å². The number of nitrogens with zero attached hydrogens (tertiary/aromatic N) is 2. The van der Waals surface area contributed by atoms with E-state index in [1.807, 2.05) is 38.2 Å². The van der Waals surface area contributed by atoms with Crippen LogP contribution in [0.4, 0.5) is 0 Å². The Hall–Kier alpha value is -1.13. The van der Waals surface area contributed by atoms with Gasteiger partial charge in [0.1, 0.15) is 5.82 Å². The molecule has 3 nitrogen and oxygen atoms in total. The number of aryl methyl sites for hydroxylation is 1. The lowest BCUT2D eigenvalue weighted by Gasteiger charge is -2.06. The molecule has 0 aliphatic heterocycles. The Morgan fingerprint density at radius 2 is 2.12 bits per heavy atom. The molecule has 0 fully saturated rings. The lowest BCUT2D eigenvalue weighted by Crippen LogP contribution is -2.05. The van der Waals surface area contributed by atoms with E-state index in [-0.39, 0.29) is 6.04 Å². The molecule has 2 aromatic rings. The Morgan fingerprint density at radius 1 is 1.41 bits per heavy atom. The van der Waals surface area contributed by atoms with Crippen molar-refractivity contribution in [2.45, 2.75) is 26.4 Å². The van der Waals surface area contributed by atoms with Gasteiger partial charge in [-0.15, -0.1) is 0 Å². The summed E-state index contributed by atoms with van der Waals surface area (Å²) in [5.41, 5.74) is 8.01. The highest BCUT2D eigenvalue weighted by Crippen LogP contribution is 2.18. The monoisotopic (exact) mass is 293 g/mol. The Morgan fingerprint density at radius 3 is 2.71 bits per heavy atom. The predicted octanol–water partition coefficient (Wildman–Crippen LogP) is 3.02. The average molecular weight is 294 g/mol. The maximum Gasteiger partial charge on any atom is 0.106 e. The third kappa shape index (κ3) is 2.76. The second kappa shape index (κ2) is 5.02. The summed E-state index contributed by atoms with van der Waals surface area (Å²) in [6, 6.07) is 8.19. The van der Waals surface area contributed by atoms with Gasteiger partial charge in [0.15, 0.2) is 0 Å². The molecule has 90 valence electrons. The second-order valence-electron chi connectivity index (χ2n) is 4.22. The molecule has 2 rings (SSSR count). The third-order valence-corrected chi connectivity index (χ3v) is 3.53. The number of nitrogens with two attached hydrogens (primary N) is 1. The van der Waals surface area contributed by atoms with E-state index in [0.29, 0.717) is 0 Å². The first-order chi connectivity index (χ1) is 8.08. The van der Waals surface area contributed by atoms with E-state index >= 15 is 0 Å². The molecule has 0 saturated heterocycles. The van der Waals surface area contributed by atoms with Crippen molar-refractivity contribution in [3.63, 3.8) is 0 Å². The molecule has 17 heavy (non-hydrogen) atoms. The first-order valence-electron chi connectivity index (χ1n) is 5.60. The van der Waals surface area contributed by atoms with E-state index < -0.39 is 0 Å². The SMILES string of the molecule is Cc1nc(C(C)N)cn1Cc1ccccc1Br. The van der Waals surface area contributed by atoms with Crippen molar-refractivity contribution in [1.82, 2.24) is 9.55 Å². The summed E-state index contributed by atoms with van der Waals surface area (Å²) in [4.78, 5) is 4.46. The van der Waals surface area contributed by atoms with Crippen LogP contribution in [-0.2, 0) is 6.54 Å². The topological polar surface area (TPSA) is 43.8 Å². The molecule has 1 heterocycles. The Kier molecular flexibility index (Phi) is 3.64. The minimum atomic E-state index is -0.0193. The van der Waals surface area contributed by atoms with Crippen molar-refractivity contribution < 1.29 is 0 Å². The zero-order valence-corrected chi connectivity index (χ0v) is 11.6. The number of hydrogen-bond acceptors (Lipinski definition) is 2. The fraction of sp³-hybridized carbons (Fsp3) is 0.308. The highest BCUT2D eigenvalue weighted by molar-refractivity contribution is 9.10. The van der Waals surface area contributed by atoms with Gasteiger partial charge in [0.25, 0.3) is 0 Å². The minimum Gasteiger partial charge on any atom is -0.330 e. The Balaban J connectivity index is 2.27. The number of benzene rings is 1. The molecule has 0 saturated carbocycles. The van der Waals surface area contributed by atoms with E-state index in [4.69, 9.17) is 5.73 Å². The molecule has 0 amide bonds. The van der Waals surface area contributed by atoms with E-state index in [0.717, 1.165) is 22.5 Å². The van der Waals surface area contributed by atoms with Crippen molar-refractivity contribution in [2.24, 2.45) is 5.73 Å². The maximum atomic E-state index is 5.83. The normalized spacial score (nSPS) is 12.7. The van der Waals surface area contributed by atoms with Crippen molar-refractivity contribution in [1.29, 1.82) is 0 Å². The molecule has 2 N–H and O–H groups in total. The summed E-state index contributed by atoms with van der Waals surface area (Å²) < 4.78 is 3.24. The van der Waals surface area contributed by atoms with Crippen LogP contribution >= 0.6 is 15.9 Å². The third-order valence-electron chi connectivity index (χ3n) is 2.76. The molecule has 0 radical (unpaired) electrons. The van der Waals surface area contributed by atoms with Gasteiger partial charge in [-0.25, -0.2) is 4.98 Å². The number of halogens is 1. The van der Waals surface area contributed by atoms with Gasteiger partial charge >= 0.3 is 0 Å². The highest BCUT2D eigenvalue weighted by atomic mass is 79.9. The van der Waals surface area contributed by atoms with Crippen molar-refractivity contribution in [3.05, 3.63) is 52.0 Å². The molecule has 1 unspecified atom stereocenters. The molecule has 0 bridgehead atoms. The smallest absolute Gasteiger partial charge is 0.106 e. The van der Waals surface area contributed by atoms with Crippen LogP contribution in [0.3, 0.4) is 0 Å². The summed E-state index contributed by atoms with van der Waals surface area (Å²) in [6.45, 7) is 4.76. The molecule has 1 aromatic heterocycles. The summed E-state index contributed by atoms with van der Waals surface area (Å²) in [7, 11) is 0. The number of aromatic nitrogens is 2. The quantitative estimate of drug-likeness (QED) is 0.945. The molecule has 0 aliphatic rings. The standard InChI is InChI=1S/C13H16BrN3/c1-9(15)13-8-17(10(2)16-13)7-11-5-3-4-6-12(11)14/h3-6,8-9H,7,15H2,1-2H3. The molecular weight excluding hydrogens is 278 g/mol. The van der Waals surface area contributed by atoms with Gasteiger partial charge in [-0.2, -0.15) is 0 Å².